The van der Waals surface area contributed by atoms with E-state index >= 15 is 0 Å². The molecule has 128 valence electrons. The third-order valence-corrected chi connectivity index (χ3v) is 4.56. The molecule has 1 spiro atoms. The smallest absolute Gasteiger partial charge is 0.410 e. The average molecular weight is 328 g/mol. The zero-order valence-electron chi connectivity index (χ0n) is 14.8. The fourth-order valence-electron chi connectivity index (χ4n) is 3.52. The summed E-state index contributed by atoms with van der Waals surface area (Å²) in [5.74, 6) is 0. The number of aryl methyl sites for hydroxylation is 1. The molecule has 0 aliphatic carbocycles. The van der Waals surface area contributed by atoms with Gasteiger partial charge >= 0.3 is 6.09 Å². The van der Waals surface area contributed by atoms with Gasteiger partial charge in [0.25, 0.3) is 0 Å². The lowest BCUT2D eigenvalue weighted by atomic mass is 9.79. The monoisotopic (exact) mass is 328 g/mol. The topological polar surface area (TPSA) is 69.5 Å². The lowest BCUT2D eigenvalue weighted by molar-refractivity contribution is -0.0266. The summed E-state index contributed by atoms with van der Waals surface area (Å²) < 4.78 is 5.43. The first-order valence-electron chi connectivity index (χ1n) is 8.31. The van der Waals surface area contributed by atoms with Crippen LogP contribution in [0, 0.1) is 23.7 Å². The molecular weight excluding hydrogens is 304 g/mol. The van der Waals surface area contributed by atoms with Crippen molar-refractivity contribution in [2.45, 2.75) is 39.7 Å². The Labute approximate surface area is 143 Å². The van der Waals surface area contributed by atoms with Gasteiger partial charge in [0.2, 0.25) is 0 Å². The molecule has 0 aromatic carbocycles. The maximum Gasteiger partial charge on any atom is 0.410 e. The first kappa shape index (κ1) is 16.6. The van der Waals surface area contributed by atoms with Crippen molar-refractivity contribution in [3.8, 4) is 6.07 Å². The molecule has 2 aliphatic heterocycles. The minimum absolute atomic E-state index is 0.154. The maximum absolute atomic E-state index is 12.1. The van der Waals surface area contributed by atoms with Gasteiger partial charge in [-0.15, -0.1) is 0 Å². The number of likely N-dealkylation sites (tertiary alicyclic amines) is 1. The molecule has 0 saturated carbocycles. The zero-order chi connectivity index (χ0) is 17.5. The van der Waals surface area contributed by atoms with Crippen LogP contribution in [-0.4, -0.2) is 47.8 Å². The summed E-state index contributed by atoms with van der Waals surface area (Å²) in [6.45, 7) is 10.9. The van der Waals surface area contributed by atoms with Gasteiger partial charge in [-0.3, -0.25) is 0 Å². The second-order valence-corrected chi connectivity index (χ2v) is 7.97. The van der Waals surface area contributed by atoms with Crippen molar-refractivity contribution in [1.82, 2.24) is 9.88 Å². The summed E-state index contributed by atoms with van der Waals surface area (Å²) >= 11 is 0. The number of amides is 1. The molecule has 6 heteroatoms. The van der Waals surface area contributed by atoms with Crippen LogP contribution >= 0.6 is 0 Å². The van der Waals surface area contributed by atoms with E-state index in [1.54, 1.807) is 4.90 Å². The summed E-state index contributed by atoms with van der Waals surface area (Å²) in [7, 11) is 0. The van der Waals surface area contributed by atoms with E-state index in [0.29, 0.717) is 5.69 Å². The van der Waals surface area contributed by atoms with Crippen LogP contribution in [-0.2, 0) is 4.74 Å². The number of nitrogens with zero attached hydrogens (tertiary/aromatic N) is 4. The quantitative estimate of drug-likeness (QED) is 0.793. The second kappa shape index (κ2) is 5.66. The predicted octanol–water partition coefficient (Wildman–Crippen LogP) is 2.71. The molecule has 1 aromatic heterocycles. The molecule has 2 fully saturated rings. The van der Waals surface area contributed by atoms with Crippen LogP contribution in [0.4, 0.5) is 10.5 Å². The van der Waals surface area contributed by atoms with Gasteiger partial charge in [0, 0.05) is 43.0 Å². The van der Waals surface area contributed by atoms with Crippen molar-refractivity contribution < 1.29 is 9.53 Å². The highest BCUT2D eigenvalue weighted by Gasteiger charge is 2.50. The van der Waals surface area contributed by atoms with E-state index in [0.717, 1.165) is 44.0 Å². The van der Waals surface area contributed by atoms with E-state index in [4.69, 9.17) is 10.00 Å². The van der Waals surface area contributed by atoms with Crippen LogP contribution < -0.4 is 4.90 Å². The number of pyridine rings is 1. The Bertz CT molecular complexity index is 696. The molecule has 1 amide bonds. The van der Waals surface area contributed by atoms with Gasteiger partial charge in [-0.1, -0.05) is 0 Å². The fraction of sp³-hybridized carbons (Fsp3) is 0.611. The van der Waals surface area contributed by atoms with Gasteiger partial charge < -0.3 is 14.5 Å². The van der Waals surface area contributed by atoms with Crippen LogP contribution in [0.3, 0.4) is 0 Å². The number of anilines is 1. The summed E-state index contributed by atoms with van der Waals surface area (Å²) in [5.41, 5.74) is 2.06. The molecule has 3 rings (SSSR count). The molecule has 2 saturated heterocycles. The Hall–Kier alpha value is -2.29. The molecule has 0 bridgehead atoms. The normalized spacial score (nSPS) is 19.1. The Kier molecular flexibility index (Phi) is 3.90. The van der Waals surface area contributed by atoms with E-state index in [9.17, 15) is 4.79 Å². The average Bonchev–Trinajstić information content (AvgIpc) is 2.88. The van der Waals surface area contributed by atoms with Crippen LogP contribution in [0.2, 0.25) is 0 Å². The van der Waals surface area contributed by atoms with Crippen molar-refractivity contribution in [2.24, 2.45) is 5.41 Å². The third kappa shape index (κ3) is 3.30. The van der Waals surface area contributed by atoms with Crippen LogP contribution in [0.15, 0.2) is 12.1 Å². The van der Waals surface area contributed by atoms with Crippen LogP contribution in [0.1, 0.15) is 38.6 Å². The summed E-state index contributed by atoms with van der Waals surface area (Å²) in [6.07, 6.45) is 0.827. The van der Waals surface area contributed by atoms with Gasteiger partial charge in [-0.05, 0) is 46.2 Å². The maximum atomic E-state index is 12.1. The van der Waals surface area contributed by atoms with E-state index in [1.807, 2.05) is 39.8 Å². The molecule has 0 radical (unpaired) electrons. The Balaban J connectivity index is 1.62. The summed E-state index contributed by atoms with van der Waals surface area (Å²) in [4.78, 5) is 20.4. The Morgan fingerprint density at radius 3 is 2.67 bits per heavy atom. The van der Waals surface area contributed by atoms with Crippen molar-refractivity contribution in [3.63, 3.8) is 0 Å². The van der Waals surface area contributed by atoms with Gasteiger partial charge in [0.15, 0.2) is 0 Å². The minimum Gasteiger partial charge on any atom is -0.444 e. The number of ether oxygens (including phenoxy) is 1. The SMILES string of the molecule is Cc1cc(N2CCC3(CN(C(=O)OC(C)(C)C)C3)C2)cc(C#N)n1. The molecule has 0 N–H and O–H groups in total. The van der Waals surface area contributed by atoms with Crippen LogP contribution in [0.25, 0.3) is 0 Å². The number of rotatable bonds is 1. The summed E-state index contributed by atoms with van der Waals surface area (Å²) in [5, 5.41) is 9.09. The third-order valence-electron chi connectivity index (χ3n) is 4.56. The Morgan fingerprint density at radius 1 is 1.33 bits per heavy atom. The first-order chi connectivity index (χ1) is 11.2. The lowest BCUT2D eigenvalue weighted by Crippen LogP contribution is -2.60. The molecule has 24 heavy (non-hydrogen) atoms. The highest BCUT2D eigenvalue weighted by atomic mass is 16.6. The standard InChI is InChI=1S/C18H24N4O2/c1-13-7-15(8-14(9-19)20-13)21-6-5-18(10-21)11-22(12-18)16(23)24-17(2,3)4/h7-8H,5-6,10-12H2,1-4H3. The number of hydrogen-bond donors (Lipinski definition) is 0. The highest BCUT2D eigenvalue weighted by molar-refractivity contribution is 5.69. The molecule has 1 aromatic rings. The largest absolute Gasteiger partial charge is 0.444 e. The lowest BCUT2D eigenvalue weighted by Gasteiger charge is -2.47. The van der Waals surface area contributed by atoms with E-state index in [2.05, 4.69) is 16.0 Å². The van der Waals surface area contributed by atoms with Gasteiger partial charge in [-0.25, -0.2) is 9.78 Å². The molecule has 2 aliphatic rings. The van der Waals surface area contributed by atoms with Crippen molar-refractivity contribution in [1.29, 1.82) is 5.26 Å². The van der Waals surface area contributed by atoms with Crippen molar-refractivity contribution in [2.75, 3.05) is 31.1 Å². The number of hydrogen-bond acceptors (Lipinski definition) is 5. The molecule has 0 unspecified atom stereocenters. The first-order valence-corrected chi connectivity index (χ1v) is 8.31. The minimum atomic E-state index is -0.455. The zero-order valence-corrected chi connectivity index (χ0v) is 14.8. The van der Waals surface area contributed by atoms with Crippen molar-refractivity contribution >= 4 is 11.8 Å². The number of aromatic nitrogens is 1. The molecule has 0 atom stereocenters. The van der Waals surface area contributed by atoms with E-state index in [1.165, 1.54) is 0 Å². The van der Waals surface area contributed by atoms with Gasteiger partial charge in [0.1, 0.15) is 17.4 Å². The van der Waals surface area contributed by atoms with E-state index < -0.39 is 5.60 Å². The summed E-state index contributed by atoms with van der Waals surface area (Å²) in [6, 6.07) is 5.98. The van der Waals surface area contributed by atoms with Crippen LogP contribution in [0.5, 0.6) is 0 Å². The molecule has 3 heterocycles. The Morgan fingerprint density at radius 2 is 2.04 bits per heavy atom. The molecular formula is C18H24N4O2. The number of carbonyl (C=O) groups excluding carboxylic acids is 1. The van der Waals surface area contributed by atoms with Gasteiger partial charge in [0.05, 0.1) is 0 Å². The second-order valence-electron chi connectivity index (χ2n) is 7.97. The number of nitriles is 1. The highest BCUT2D eigenvalue weighted by Crippen LogP contribution is 2.41. The fourth-order valence-corrected chi connectivity index (χ4v) is 3.52. The van der Waals surface area contributed by atoms with Gasteiger partial charge in [-0.2, -0.15) is 5.26 Å². The predicted molar refractivity (Wildman–Crippen MR) is 90.8 cm³/mol. The van der Waals surface area contributed by atoms with Crippen molar-refractivity contribution in [3.05, 3.63) is 23.5 Å². The van der Waals surface area contributed by atoms with E-state index in [-0.39, 0.29) is 11.5 Å². The molecule has 6 nitrogen and oxygen atoms in total. The number of carbonyl (C=O) groups is 1.